The number of aliphatic hydroxyl groups is 1. The maximum absolute atomic E-state index is 9.54. The SMILES string of the molecule is CC[C@H]1CC2C3CCC(CCO)C3(C)CC[C@@H]2C2(C)CCCCC12. The second-order valence-electron chi connectivity index (χ2n) is 10.5. The summed E-state index contributed by atoms with van der Waals surface area (Å²) in [7, 11) is 0. The maximum atomic E-state index is 9.54. The number of hydrogen-bond acceptors (Lipinski definition) is 1. The molecule has 4 fully saturated rings. The van der Waals surface area contributed by atoms with E-state index in [1.165, 1.54) is 64.2 Å². The Labute approximate surface area is 150 Å². The second kappa shape index (κ2) is 6.29. The van der Waals surface area contributed by atoms with Crippen molar-refractivity contribution in [3.8, 4) is 0 Å². The van der Waals surface area contributed by atoms with Crippen LogP contribution in [0.3, 0.4) is 0 Å². The van der Waals surface area contributed by atoms with E-state index < -0.39 is 0 Å². The molecule has 0 aromatic heterocycles. The van der Waals surface area contributed by atoms with Crippen LogP contribution < -0.4 is 0 Å². The largest absolute Gasteiger partial charge is 0.396 e. The van der Waals surface area contributed by atoms with Gasteiger partial charge < -0.3 is 5.11 Å². The Hall–Kier alpha value is -0.0400. The summed E-state index contributed by atoms with van der Waals surface area (Å²) in [6.45, 7) is 8.18. The Bertz CT molecular complexity index is 459. The lowest BCUT2D eigenvalue weighted by atomic mass is 9.42. The van der Waals surface area contributed by atoms with E-state index in [1.54, 1.807) is 0 Å². The highest BCUT2D eigenvalue weighted by molar-refractivity contribution is 5.10. The van der Waals surface area contributed by atoms with Crippen molar-refractivity contribution in [2.24, 2.45) is 46.3 Å². The smallest absolute Gasteiger partial charge is 0.0433 e. The molecule has 24 heavy (non-hydrogen) atoms. The fraction of sp³-hybridized carbons (Fsp3) is 1.00. The van der Waals surface area contributed by atoms with Crippen LogP contribution in [0.25, 0.3) is 0 Å². The van der Waals surface area contributed by atoms with Crippen LogP contribution in [0.2, 0.25) is 0 Å². The molecular weight excluding hydrogens is 292 g/mol. The summed E-state index contributed by atoms with van der Waals surface area (Å²) in [5.41, 5.74) is 1.19. The van der Waals surface area contributed by atoms with Crippen LogP contribution in [-0.2, 0) is 0 Å². The minimum Gasteiger partial charge on any atom is -0.396 e. The molecule has 138 valence electrons. The molecule has 4 rings (SSSR count). The van der Waals surface area contributed by atoms with Gasteiger partial charge in [0.2, 0.25) is 0 Å². The van der Waals surface area contributed by atoms with Gasteiger partial charge in [-0.25, -0.2) is 0 Å². The molecule has 0 bridgehead atoms. The zero-order valence-electron chi connectivity index (χ0n) is 16.4. The van der Waals surface area contributed by atoms with Gasteiger partial charge in [0.05, 0.1) is 0 Å². The van der Waals surface area contributed by atoms with Gasteiger partial charge in [-0.15, -0.1) is 0 Å². The average molecular weight is 333 g/mol. The predicted molar refractivity (Wildman–Crippen MR) is 101 cm³/mol. The normalized spacial score (nSPS) is 54.0. The Balaban J connectivity index is 1.64. The van der Waals surface area contributed by atoms with E-state index in [-0.39, 0.29) is 0 Å². The zero-order chi connectivity index (χ0) is 16.9. The van der Waals surface area contributed by atoms with E-state index in [1.807, 2.05) is 0 Å². The zero-order valence-corrected chi connectivity index (χ0v) is 16.4. The Morgan fingerprint density at radius 1 is 0.875 bits per heavy atom. The molecule has 1 nitrogen and oxygen atoms in total. The van der Waals surface area contributed by atoms with E-state index in [0.29, 0.717) is 17.4 Å². The molecule has 4 saturated carbocycles. The molecule has 0 aromatic rings. The monoisotopic (exact) mass is 332 g/mol. The predicted octanol–water partition coefficient (Wildman–Crippen LogP) is 6.05. The third-order valence-electron chi connectivity index (χ3n) is 9.95. The van der Waals surface area contributed by atoms with Gasteiger partial charge in [0, 0.05) is 6.61 Å². The van der Waals surface area contributed by atoms with Crippen LogP contribution >= 0.6 is 0 Å². The number of aliphatic hydroxyl groups excluding tert-OH is 1. The van der Waals surface area contributed by atoms with Crippen molar-refractivity contribution in [1.82, 2.24) is 0 Å². The standard InChI is InChI=1S/C23H40O/c1-4-16-15-18-20-9-8-17(11-14-24)22(20,2)13-10-21(18)23(3)12-6-5-7-19(16)23/h16-21,24H,4-15H2,1-3H3/t16-,17?,18?,19?,20?,21-,22?,23?/m0/s1. The molecule has 6 unspecified atom stereocenters. The van der Waals surface area contributed by atoms with Crippen LogP contribution in [0.15, 0.2) is 0 Å². The third-order valence-corrected chi connectivity index (χ3v) is 9.95. The summed E-state index contributed by atoms with van der Waals surface area (Å²) < 4.78 is 0. The van der Waals surface area contributed by atoms with Gasteiger partial charge in [0.25, 0.3) is 0 Å². The first-order chi connectivity index (χ1) is 11.5. The minimum absolute atomic E-state index is 0.401. The summed E-state index contributed by atoms with van der Waals surface area (Å²) in [4.78, 5) is 0. The molecule has 4 aliphatic rings. The van der Waals surface area contributed by atoms with Crippen molar-refractivity contribution < 1.29 is 5.11 Å². The first kappa shape index (κ1) is 17.4. The van der Waals surface area contributed by atoms with Gasteiger partial charge in [-0.05, 0) is 97.7 Å². The van der Waals surface area contributed by atoms with Crippen molar-refractivity contribution >= 4 is 0 Å². The van der Waals surface area contributed by atoms with E-state index in [9.17, 15) is 5.11 Å². The summed E-state index contributed by atoms with van der Waals surface area (Å²) >= 11 is 0. The number of fused-ring (bicyclic) bond motifs is 5. The van der Waals surface area contributed by atoms with Gasteiger partial charge in [0.15, 0.2) is 0 Å². The van der Waals surface area contributed by atoms with Crippen LogP contribution in [-0.4, -0.2) is 11.7 Å². The number of hydrogen-bond donors (Lipinski definition) is 1. The molecule has 1 heteroatoms. The maximum Gasteiger partial charge on any atom is 0.0433 e. The molecule has 0 heterocycles. The quantitative estimate of drug-likeness (QED) is 0.666. The van der Waals surface area contributed by atoms with Crippen molar-refractivity contribution in [2.75, 3.05) is 6.61 Å². The molecule has 0 spiro atoms. The topological polar surface area (TPSA) is 20.2 Å². The molecule has 0 saturated heterocycles. The minimum atomic E-state index is 0.401. The summed E-state index contributed by atoms with van der Waals surface area (Å²) in [6, 6.07) is 0. The fourth-order valence-corrected chi connectivity index (χ4v) is 8.76. The van der Waals surface area contributed by atoms with Gasteiger partial charge in [0.1, 0.15) is 0 Å². The van der Waals surface area contributed by atoms with Gasteiger partial charge >= 0.3 is 0 Å². The average Bonchev–Trinajstić information content (AvgIpc) is 2.91. The highest BCUT2D eigenvalue weighted by Gasteiger charge is 2.60. The summed E-state index contributed by atoms with van der Waals surface area (Å²) in [5.74, 6) is 5.78. The molecular formula is C23H40O. The van der Waals surface area contributed by atoms with E-state index in [2.05, 4.69) is 20.8 Å². The van der Waals surface area contributed by atoms with Crippen molar-refractivity contribution in [3.05, 3.63) is 0 Å². The van der Waals surface area contributed by atoms with Crippen LogP contribution in [0.1, 0.15) is 91.4 Å². The van der Waals surface area contributed by atoms with Gasteiger partial charge in [-0.2, -0.15) is 0 Å². The molecule has 0 aliphatic heterocycles. The lowest BCUT2D eigenvalue weighted by Crippen LogP contribution is -2.55. The molecule has 0 amide bonds. The Morgan fingerprint density at radius 3 is 2.42 bits per heavy atom. The van der Waals surface area contributed by atoms with E-state index in [4.69, 9.17) is 0 Å². The first-order valence-corrected chi connectivity index (χ1v) is 11.2. The summed E-state index contributed by atoms with van der Waals surface area (Å²) in [5, 5.41) is 9.54. The Morgan fingerprint density at radius 2 is 1.67 bits per heavy atom. The van der Waals surface area contributed by atoms with Crippen LogP contribution in [0.5, 0.6) is 0 Å². The van der Waals surface area contributed by atoms with Gasteiger partial charge in [-0.1, -0.05) is 40.0 Å². The molecule has 4 aliphatic carbocycles. The van der Waals surface area contributed by atoms with E-state index >= 15 is 0 Å². The first-order valence-electron chi connectivity index (χ1n) is 11.2. The molecule has 8 atom stereocenters. The second-order valence-corrected chi connectivity index (χ2v) is 10.5. The fourth-order valence-electron chi connectivity index (χ4n) is 8.76. The Kier molecular flexibility index (Phi) is 4.55. The van der Waals surface area contributed by atoms with Crippen LogP contribution in [0.4, 0.5) is 0 Å². The lowest BCUT2D eigenvalue weighted by molar-refractivity contribution is -0.136. The van der Waals surface area contributed by atoms with Crippen molar-refractivity contribution in [2.45, 2.75) is 91.4 Å². The van der Waals surface area contributed by atoms with Crippen LogP contribution in [0, 0.1) is 46.3 Å². The highest BCUT2D eigenvalue weighted by atomic mass is 16.3. The van der Waals surface area contributed by atoms with Crippen molar-refractivity contribution in [1.29, 1.82) is 0 Å². The summed E-state index contributed by atoms with van der Waals surface area (Å²) in [6.07, 6.45) is 15.8. The molecule has 0 aromatic carbocycles. The highest BCUT2D eigenvalue weighted by Crippen LogP contribution is 2.68. The van der Waals surface area contributed by atoms with Crippen molar-refractivity contribution in [3.63, 3.8) is 0 Å². The molecule has 0 radical (unpaired) electrons. The molecule has 1 N–H and O–H groups in total. The number of rotatable bonds is 3. The van der Waals surface area contributed by atoms with E-state index in [0.717, 1.165) is 41.9 Å². The van der Waals surface area contributed by atoms with Gasteiger partial charge in [-0.3, -0.25) is 0 Å². The lowest BCUT2D eigenvalue weighted by Gasteiger charge is -2.62. The third kappa shape index (κ3) is 2.36.